The van der Waals surface area contributed by atoms with Crippen molar-refractivity contribution in [2.75, 3.05) is 52.4 Å². The summed E-state index contributed by atoms with van der Waals surface area (Å²) in [4.78, 5) is 35.5. The predicted octanol–water partition coefficient (Wildman–Crippen LogP) is 6.25. The van der Waals surface area contributed by atoms with Crippen LogP contribution in [0.15, 0.2) is 20.0 Å². The topological polar surface area (TPSA) is 253 Å². The van der Waals surface area contributed by atoms with E-state index in [2.05, 4.69) is 40.4 Å². The number of amides is 2. The maximum absolute atomic E-state index is 14.3. The second kappa shape index (κ2) is 38.8. The van der Waals surface area contributed by atoms with Crippen molar-refractivity contribution in [1.82, 2.24) is 20.4 Å². The first-order chi connectivity index (χ1) is 27.9. The highest BCUT2D eigenvalue weighted by atomic mass is 16.2. The van der Waals surface area contributed by atoms with Crippen LogP contribution in [0, 0.1) is 0 Å². The Morgan fingerprint density at radius 1 is 0.414 bits per heavy atom. The van der Waals surface area contributed by atoms with Crippen LogP contribution < -0.4 is 45.0 Å². The number of nitrogens with zero attached hydrogens (tertiary/aromatic N) is 6. The van der Waals surface area contributed by atoms with Crippen LogP contribution in [0.1, 0.15) is 182 Å². The molecule has 15 heteroatoms. The van der Waals surface area contributed by atoms with Crippen LogP contribution in [-0.2, 0) is 0 Å². The molecule has 0 aromatic heterocycles. The third-order valence-electron chi connectivity index (χ3n) is 9.92. The van der Waals surface area contributed by atoms with Crippen molar-refractivity contribution >= 4 is 29.9 Å². The van der Waals surface area contributed by atoms with Crippen LogP contribution in [0.4, 0.5) is 4.79 Å². The van der Waals surface area contributed by atoms with Gasteiger partial charge < -0.3 is 54.8 Å². The standard InChI is InChI=1S/C43H92N14O/c1-37(2)54-41(48)52-31-23-15-7-11-19-27-35-56(33-25-17-9-5-13-21-29-50-39(44)45)43(58)57(34-26-18-10-6-14-22-30-51-40(46)47)36-28-20-12-8-16-24-32-53-42(49)55-38(3)4/h37-38H,5-36H2,1-4H3,(H4,44,45,50)(H4,46,47,51)(H3,48,52,54)(H3,49,53,55). The van der Waals surface area contributed by atoms with E-state index in [9.17, 15) is 4.79 Å². The van der Waals surface area contributed by atoms with Crippen LogP contribution >= 0.6 is 0 Å². The molecule has 0 bridgehead atoms. The molecule has 0 radical (unpaired) electrons. The molecule has 0 spiro atoms. The molecule has 2 amide bonds. The van der Waals surface area contributed by atoms with E-state index in [0.29, 0.717) is 25.0 Å². The van der Waals surface area contributed by atoms with Gasteiger partial charge in [0.25, 0.3) is 0 Å². The molecule has 0 fully saturated rings. The Hall–Kier alpha value is -3.65. The summed E-state index contributed by atoms with van der Waals surface area (Å²) in [5, 5.41) is 6.43. The molecule has 0 unspecified atom stereocenters. The van der Waals surface area contributed by atoms with E-state index in [1.54, 1.807) is 0 Å². The third kappa shape index (κ3) is 37.9. The summed E-state index contributed by atoms with van der Waals surface area (Å²) in [5.41, 5.74) is 33.7. The van der Waals surface area contributed by atoms with Crippen molar-refractivity contribution in [3.05, 3.63) is 0 Å². The molecule has 0 saturated heterocycles. The average molecular weight is 821 g/mol. The number of nitrogens with one attached hydrogen (secondary N) is 2. The van der Waals surface area contributed by atoms with Gasteiger partial charge in [0.15, 0.2) is 23.8 Å². The lowest BCUT2D eigenvalue weighted by Gasteiger charge is -2.31. The second-order valence-electron chi connectivity index (χ2n) is 16.4. The number of aliphatic imine (C=N–C) groups is 4. The largest absolute Gasteiger partial charge is 0.370 e. The lowest BCUT2D eigenvalue weighted by Crippen LogP contribution is -2.45. The van der Waals surface area contributed by atoms with Crippen LogP contribution in [0.3, 0.4) is 0 Å². The molecule has 0 heterocycles. The fourth-order valence-corrected chi connectivity index (χ4v) is 6.82. The van der Waals surface area contributed by atoms with Gasteiger partial charge in [-0.15, -0.1) is 0 Å². The Labute approximate surface area is 354 Å². The first-order valence-corrected chi connectivity index (χ1v) is 23.2. The van der Waals surface area contributed by atoms with Gasteiger partial charge in [-0.1, -0.05) is 103 Å². The highest BCUT2D eigenvalue weighted by Gasteiger charge is 2.20. The molecule has 0 aromatic rings. The predicted molar refractivity (Wildman–Crippen MR) is 250 cm³/mol. The monoisotopic (exact) mass is 821 g/mol. The summed E-state index contributed by atoms with van der Waals surface area (Å²) in [6.45, 7) is 14.5. The number of hydrogen-bond acceptors (Lipinski definition) is 5. The van der Waals surface area contributed by atoms with Gasteiger partial charge in [-0.05, 0) is 79.1 Å². The summed E-state index contributed by atoms with van der Waals surface area (Å²) in [5.74, 6) is 1.40. The smallest absolute Gasteiger partial charge is 0.319 e. The first kappa shape index (κ1) is 54.3. The number of unbranched alkanes of at least 4 members (excludes halogenated alkanes) is 20. The van der Waals surface area contributed by atoms with E-state index in [0.717, 1.165) is 142 Å². The minimum Gasteiger partial charge on any atom is -0.370 e. The van der Waals surface area contributed by atoms with E-state index in [1.165, 1.54) is 51.4 Å². The lowest BCUT2D eigenvalue weighted by molar-refractivity contribution is 0.148. The number of hydrogen-bond donors (Lipinski definition) is 8. The fraction of sp³-hybridized carbons (Fsp3) is 0.884. The maximum Gasteiger partial charge on any atom is 0.319 e. The van der Waals surface area contributed by atoms with Gasteiger partial charge >= 0.3 is 6.03 Å². The number of guanidine groups is 4. The van der Waals surface area contributed by atoms with E-state index >= 15 is 0 Å². The quantitative estimate of drug-likeness (QED) is 0.0199. The highest BCUT2D eigenvalue weighted by molar-refractivity contribution is 5.78. The molecule has 15 nitrogen and oxygen atoms in total. The number of carbonyl (C=O) groups is 1. The molecule has 58 heavy (non-hydrogen) atoms. The van der Waals surface area contributed by atoms with Gasteiger partial charge in [-0.3, -0.25) is 20.0 Å². The summed E-state index contributed by atoms with van der Waals surface area (Å²) in [6, 6.07) is 0.634. The molecule has 0 rings (SSSR count). The molecule has 0 aliphatic heterocycles. The van der Waals surface area contributed by atoms with Gasteiger partial charge in [0, 0.05) is 64.4 Å². The van der Waals surface area contributed by atoms with Crippen molar-refractivity contribution in [2.45, 2.75) is 194 Å². The van der Waals surface area contributed by atoms with Crippen molar-refractivity contribution in [1.29, 1.82) is 0 Å². The van der Waals surface area contributed by atoms with Gasteiger partial charge in [0.2, 0.25) is 0 Å². The summed E-state index contributed by atoms with van der Waals surface area (Å²) >= 11 is 0. The van der Waals surface area contributed by atoms with Crippen molar-refractivity contribution < 1.29 is 4.79 Å². The molecular weight excluding hydrogens is 729 g/mol. The Bertz CT molecular complexity index is 1010. The summed E-state index contributed by atoms with van der Waals surface area (Å²) in [6.07, 6.45) is 26.9. The summed E-state index contributed by atoms with van der Waals surface area (Å²) < 4.78 is 0. The molecule has 0 aliphatic rings. The highest BCUT2D eigenvalue weighted by Crippen LogP contribution is 2.15. The zero-order valence-corrected chi connectivity index (χ0v) is 37.8. The molecule has 14 N–H and O–H groups in total. The SMILES string of the molecule is CC(C)N=C(N)NCCCCCCCCN(CCCCCCCCN=C(N)N)C(=O)N(CCCCCCCCN=C(N)N)CCCCCCCCNC(N)=NC(C)C. The molecule has 0 saturated carbocycles. The summed E-state index contributed by atoms with van der Waals surface area (Å²) in [7, 11) is 0. The molecule has 340 valence electrons. The zero-order valence-electron chi connectivity index (χ0n) is 37.8. The third-order valence-corrected chi connectivity index (χ3v) is 9.92. The molecule has 0 aromatic carbocycles. The van der Waals surface area contributed by atoms with E-state index in [-0.39, 0.29) is 30.0 Å². The molecular formula is C43H92N14O. The van der Waals surface area contributed by atoms with E-state index in [1.807, 2.05) is 27.7 Å². The van der Waals surface area contributed by atoms with Crippen LogP contribution in [0.2, 0.25) is 0 Å². The maximum atomic E-state index is 14.3. The zero-order chi connectivity index (χ0) is 43.1. The Morgan fingerprint density at radius 3 is 0.948 bits per heavy atom. The molecule has 0 aliphatic carbocycles. The van der Waals surface area contributed by atoms with Gasteiger partial charge in [-0.25, -0.2) is 4.79 Å². The fourth-order valence-electron chi connectivity index (χ4n) is 6.82. The van der Waals surface area contributed by atoms with Crippen molar-refractivity contribution in [2.24, 2.45) is 54.4 Å². The van der Waals surface area contributed by atoms with Gasteiger partial charge in [0.05, 0.1) is 0 Å². The van der Waals surface area contributed by atoms with E-state index in [4.69, 9.17) is 34.4 Å². The first-order valence-electron chi connectivity index (χ1n) is 23.2. The number of carbonyl (C=O) groups excluding carboxylic acids is 1. The lowest BCUT2D eigenvalue weighted by atomic mass is 10.1. The Kier molecular flexibility index (Phi) is 36.4. The number of urea groups is 1. The normalized spacial score (nSPS) is 11.9. The Balaban J connectivity index is 5.13. The second-order valence-corrected chi connectivity index (χ2v) is 16.4. The van der Waals surface area contributed by atoms with Crippen LogP contribution in [0.25, 0.3) is 0 Å². The van der Waals surface area contributed by atoms with Crippen LogP contribution in [-0.4, -0.2) is 104 Å². The van der Waals surface area contributed by atoms with Crippen LogP contribution in [0.5, 0.6) is 0 Å². The number of nitrogens with two attached hydrogens (primary N) is 6. The minimum atomic E-state index is 0.166. The Morgan fingerprint density at radius 2 is 0.672 bits per heavy atom. The minimum absolute atomic E-state index is 0.166. The average Bonchev–Trinajstić information content (AvgIpc) is 3.15. The number of rotatable bonds is 38. The van der Waals surface area contributed by atoms with Crippen molar-refractivity contribution in [3.8, 4) is 0 Å². The van der Waals surface area contributed by atoms with E-state index < -0.39 is 0 Å². The van der Waals surface area contributed by atoms with Gasteiger partial charge in [-0.2, -0.15) is 0 Å². The molecule has 0 atom stereocenters. The van der Waals surface area contributed by atoms with Gasteiger partial charge in [0.1, 0.15) is 0 Å². The van der Waals surface area contributed by atoms with Crippen molar-refractivity contribution in [3.63, 3.8) is 0 Å².